The first-order valence-corrected chi connectivity index (χ1v) is 9.24. The summed E-state index contributed by atoms with van der Waals surface area (Å²) in [7, 11) is 4.04. The zero-order valence-electron chi connectivity index (χ0n) is 16.1. The van der Waals surface area contributed by atoms with Crippen molar-refractivity contribution in [2.45, 2.75) is 0 Å². The highest BCUT2D eigenvalue weighted by atomic mass is 35.5. The molecule has 1 heterocycles. The molecule has 0 spiro atoms. The van der Waals surface area contributed by atoms with Crippen molar-refractivity contribution in [3.8, 4) is 11.5 Å². The quantitative estimate of drug-likeness (QED) is 0.532. The van der Waals surface area contributed by atoms with Crippen molar-refractivity contribution < 1.29 is 33.6 Å². The fourth-order valence-corrected chi connectivity index (χ4v) is 3.57. The Morgan fingerprint density at radius 2 is 1.60 bits per heavy atom. The molecule has 0 aliphatic carbocycles. The normalized spacial score (nSPS) is 15.0. The summed E-state index contributed by atoms with van der Waals surface area (Å²) in [5.41, 5.74) is 0.212. The first-order chi connectivity index (χ1) is 14.3. The standard InChI is InChI=1S/C21H16Cl2O7/c1-27-12-6-4-10(5-7-12)15-17(24)19(30-21(15)26)16(20(25)29-3)11-8-13(22)18(28-2)14(23)9-11/h4-9,24H,1-3H3. The van der Waals surface area contributed by atoms with Gasteiger partial charge < -0.3 is 24.1 Å². The molecule has 0 unspecified atom stereocenters. The van der Waals surface area contributed by atoms with E-state index < -0.39 is 17.7 Å². The molecule has 0 bridgehead atoms. The minimum atomic E-state index is -0.863. The summed E-state index contributed by atoms with van der Waals surface area (Å²) in [6.45, 7) is 0. The van der Waals surface area contributed by atoms with Crippen LogP contribution in [0, 0.1) is 0 Å². The monoisotopic (exact) mass is 450 g/mol. The zero-order valence-corrected chi connectivity index (χ0v) is 17.6. The Balaban J connectivity index is 2.22. The fourth-order valence-electron chi connectivity index (χ4n) is 2.93. The number of ether oxygens (including phenoxy) is 4. The van der Waals surface area contributed by atoms with E-state index in [1.165, 1.54) is 26.4 Å². The lowest BCUT2D eigenvalue weighted by Gasteiger charge is -2.12. The Bertz CT molecular complexity index is 1060. The Labute approximate surface area is 182 Å². The molecule has 0 amide bonds. The molecule has 0 fully saturated rings. The van der Waals surface area contributed by atoms with Crippen LogP contribution in [0.3, 0.4) is 0 Å². The molecule has 0 saturated carbocycles. The van der Waals surface area contributed by atoms with Crippen molar-refractivity contribution in [3.63, 3.8) is 0 Å². The summed E-state index contributed by atoms with van der Waals surface area (Å²) >= 11 is 12.3. The van der Waals surface area contributed by atoms with Gasteiger partial charge in [-0.25, -0.2) is 9.59 Å². The molecule has 30 heavy (non-hydrogen) atoms. The van der Waals surface area contributed by atoms with Gasteiger partial charge in [-0.2, -0.15) is 0 Å². The molecule has 2 aromatic carbocycles. The molecule has 1 aliphatic heterocycles. The molecule has 1 N–H and O–H groups in total. The van der Waals surface area contributed by atoms with E-state index in [0.717, 1.165) is 7.11 Å². The molecule has 156 valence electrons. The van der Waals surface area contributed by atoms with Crippen LogP contribution in [-0.2, 0) is 19.1 Å². The van der Waals surface area contributed by atoms with E-state index in [1.54, 1.807) is 24.3 Å². The van der Waals surface area contributed by atoms with Gasteiger partial charge in [-0.05, 0) is 35.4 Å². The first-order valence-electron chi connectivity index (χ1n) is 8.48. The predicted molar refractivity (Wildman–Crippen MR) is 111 cm³/mol. The number of carbonyl (C=O) groups excluding carboxylic acids is 2. The van der Waals surface area contributed by atoms with Crippen LogP contribution in [0.5, 0.6) is 11.5 Å². The largest absolute Gasteiger partial charge is 0.504 e. The highest BCUT2D eigenvalue weighted by Gasteiger charge is 2.36. The summed E-state index contributed by atoms with van der Waals surface area (Å²) in [5.74, 6) is -1.81. The van der Waals surface area contributed by atoms with Gasteiger partial charge in [0.05, 0.1) is 31.4 Å². The molecular weight excluding hydrogens is 435 g/mol. The van der Waals surface area contributed by atoms with Crippen LogP contribution in [0.1, 0.15) is 11.1 Å². The topological polar surface area (TPSA) is 91.3 Å². The molecule has 0 radical (unpaired) electrons. The van der Waals surface area contributed by atoms with Crippen molar-refractivity contribution in [2.75, 3.05) is 21.3 Å². The smallest absolute Gasteiger partial charge is 0.348 e. The Kier molecular flexibility index (Phi) is 6.24. The Morgan fingerprint density at radius 3 is 2.10 bits per heavy atom. The van der Waals surface area contributed by atoms with Gasteiger partial charge in [-0.15, -0.1) is 0 Å². The maximum Gasteiger partial charge on any atom is 0.348 e. The highest BCUT2D eigenvalue weighted by molar-refractivity contribution is 6.38. The van der Waals surface area contributed by atoms with Gasteiger partial charge in [0.25, 0.3) is 0 Å². The summed E-state index contributed by atoms with van der Waals surface area (Å²) < 4.78 is 20.2. The van der Waals surface area contributed by atoms with E-state index in [1.807, 2.05) is 0 Å². The van der Waals surface area contributed by atoms with Gasteiger partial charge in [-0.3, -0.25) is 0 Å². The van der Waals surface area contributed by atoms with E-state index >= 15 is 0 Å². The number of aliphatic hydroxyl groups excluding tert-OH is 1. The second-order valence-corrected chi connectivity index (χ2v) is 6.82. The van der Waals surface area contributed by atoms with Gasteiger partial charge in [0.1, 0.15) is 16.9 Å². The number of methoxy groups -OCH3 is 3. The summed E-state index contributed by atoms with van der Waals surface area (Å²) in [5, 5.41) is 11.0. The number of benzene rings is 2. The lowest BCUT2D eigenvalue weighted by Crippen LogP contribution is -2.09. The van der Waals surface area contributed by atoms with Crippen molar-refractivity contribution in [3.05, 3.63) is 69.1 Å². The molecule has 1 aliphatic rings. The van der Waals surface area contributed by atoms with Crippen molar-refractivity contribution in [1.82, 2.24) is 0 Å². The predicted octanol–water partition coefficient (Wildman–Crippen LogP) is 4.42. The molecule has 0 saturated heterocycles. The minimum absolute atomic E-state index is 0.111. The summed E-state index contributed by atoms with van der Waals surface area (Å²) in [4.78, 5) is 25.0. The summed E-state index contributed by atoms with van der Waals surface area (Å²) in [6, 6.07) is 9.17. The molecule has 0 atom stereocenters. The van der Waals surface area contributed by atoms with Crippen molar-refractivity contribution in [1.29, 1.82) is 0 Å². The van der Waals surface area contributed by atoms with Crippen LogP contribution >= 0.6 is 23.2 Å². The number of esters is 2. The maximum absolute atomic E-state index is 12.5. The van der Waals surface area contributed by atoms with Crippen molar-refractivity contribution in [2.24, 2.45) is 0 Å². The third-order valence-corrected chi connectivity index (χ3v) is 4.90. The second-order valence-electron chi connectivity index (χ2n) is 6.01. The third-order valence-electron chi connectivity index (χ3n) is 4.34. The molecule has 3 rings (SSSR count). The first kappa shape index (κ1) is 21.5. The lowest BCUT2D eigenvalue weighted by molar-refractivity contribution is -0.134. The van der Waals surface area contributed by atoms with Gasteiger partial charge in [0.15, 0.2) is 17.3 Å². The van der Waals surface area contributed by atoms with Crippen LogP contribution in [0.2, 0.25) is 10.0 Å². The third kappa shape index (κ3) is 3.81. The minimum Gasteiger partial charge on any atom is -0.504 e. The van der Waals surface area contributed by atoms with Crippen LogP contribution in [-0.4, -0.2) is 38.4 Å². The summed E-state index contributed by atoms with van der Waals surface area (Å²) in [6.07, 6.45) is 0. The molecule has 2 aromatic rings. The van der Waals surface area contributed by atoms with E-state index in [2.05, 4.69) is 0 Å². The Morgan fingerprint density at radius 1 is 1.00 bits per heavy atom. The number of hydrogen-bond acceptors (Lipinski definition) is 7. The molecular formula is C21H16Cl2O7. The van der Waals surface area contributed by atoms with Crippen LogP contribution in [0.15, 0.2) is 47.9 Å². The molecule has 7 nitrogen and oxygen atoms in total. The Hall–Kier alpha value is -3.16. The van der Waals surface area contributed by atoms with Crippen LogP contribution in [0.4, 0.5) is 0 Å². The number of rotatable bonds is 5. The number of aliphatic hydroxyl groups is 1. The van der Waals surface area contributed by atoms with E-state index in [0.29, 0.717) is 11.3 Å². The van der Waals surface area contributed by atoms with Crippen LogP contribution < -0.4 is 9.47 Å². The number of carbonyl (C=O) groups is 2. The lowest BCUT2D eigenvalue weighted by atomic mass is 10.0. The van der Waals surface area contributed by atoms with E-state index in [9.17, 15) is 14.7 Å². The van der Waals surface area contributed by atoms with E-state index in [4.69, 9.17) is 42.1 Å². The average molecular weight is 451 g/mol. The zero-order chi connectivity index (χ0) is 22.0. The SMILES string of the molecule is COC(=O)C(=C1OC(=O)C(c2ccc(OC)cc2)=C1O)c1cc(Cl)c(OC)c(Cl)c1. The van der Waals surface area contributed by atoms with Gasteiger partial charge in [0, 0.05) is 0 Å². The van der Waals surface area contributed by atoms with Gasteiger partial charge in [0.2, 0.25) is 0 Å². The highest BCUT2D eigenvalue weighted by Crippen LogP contribution is 2.40. The fraction of sp³-hybridized carbons (Fsp3) is 0.143. The average Bonchev–Trinajstić information content (AvgIpc) is 3.01. The maximum atomic E-state index is 12.5. The van der Waals surface area contributed by atoms with Gasteiger partial charge in [-0.1, -0.05) is 35.3 Å². The number of hydrogen-bond donors (Lipinski definition) is 1. The van der Waals surface area contributed by atoms with Crippen molar-refractivity contribution >= 4 is 46.3 Å². The second kappa shape index (κ2) is 8.69. The van der Waals surface area contributed by atoms with Crippen LogP contribution in [0.25, 0.3) is 11.1 Å². The van der Waals surface area contributed by atoms with Gasteiger partial charge >= 0.3 is 11.9 Å². The van der Waals surface area contributed by atoms with E-state index in [-0.39, 0.29) is 38.3 Å². The number of cyclic esters (lactones) is 1. The molecule has 9 heteroatoms. The molecule has 0 aromatic heterocycles. The number of halogens is 2.